The van der Waals surface area contributed by atoms with Gasteiger partial charge in [0.2, 0.25) is 0 Å². The monoisotopic (exact) mass is 168 g/mol. The van der Waals surface area contributed by atoms with Gasteiger partial charge in [-0.25, -0.2) is 0 Å². The van der Waals surface area contributed by atoms with E-state index in [4.69, 9.17) is 5.73 Å². The van der Waals surface area contributed by atoms with Crippen molar-refractivity contribution >= 4 is 10.4 Å². The summed E-state index contributed by atoms with van der Waals surface area (Å²) >= 11 is 0. The lowest BCUT2D eigenvalue weighted by Gasteiger charge is -2.41. The first kappa shape index (κ1) is 7.90. The molecule has 0 atom stereocenters. The van der Waals surface area contributed by atoms with E-state index in [0.717, 1.165) is 0 Å². The highest BCUT2D eigenvalue weighted by Gasteiger charge is 2.41. The molecule has 10 heavy (non-hydrogen) atoms. The normalized spacial score (nSPS) is 25.9. The second-order valence-corrected chi connectivity index (χ2v) is 4.20. The molecule has 0 bridgehead atoms. The quantitative estimate of drug-likeness (QED) is 0.523. The van der Waals surface area contributed by atoms with E-state index in [1.807, 2.05) is 0 Å². The van der Waals surface area contributed by atoms with Crippen LogP contribution in [0.25, 0.3) is 0 Å². The summed E-state index contributed by atoms with van der Waals surface area (Å²) in [7, 11) is -4.48. The molecular formula is C4H9FN2O2S. The van der Waals surface area contributed by atoms with Crippen LogP contribution in [0.15, 0.2) is 0 Å². The smallest absolute Gasteiger partial charge is 0.323 e. The summed E-state index contributed by atoms with van der Waals surface area (Å²) in [5.41, 5.74) is 4.89. The Morgan fingerprint density at radius 1 is 1.60 bits per heavy atom. The van der Waals surface area contributed by atoms with Crippen molar-refractivity contribution in [1.29, 1.82) is 0 Å². The van der Waals surface area contributed by atoms with E-state index in [1.54, 1.807) is 6.92 Å². The molecule has 0 aromatic heterocycles. The van der Waals surface area contributed by atoms with Crippen LogP contribution in [-0.4, -0.2) is 31.4 Å². The van der Waals surface area contributed by atoms with Crippen molar-refractivity contribution in [3.8, 4) is 0 Å². The van der Waals surface area contributed by atoms with Gasteiger partial charge < -0.3 is 5.73 Å². The Hall–Kier alpha value is -0.200. The van der Waals surface area contributed by atoms with E-state index in [1.165, 1.54) is 0 Å². The van der Waals surface area contributed by atoms with Crippen LogP contribution in [-0.2, 0) is 10.4 Å². The average Bonchev–Trinajstić information content (AvgIpc) is 1.56. The maximum absolute atomic E-state index is 12.0. The second-order valence-electron chi connectivity index (χ2n) is 2.86. The minimum absolute atomic E-state index is 0.0752. The Morgan fingerprint density at radius 2 is 2.00 bits per heavy atom. The van der Waals surface area contributed by atoms with Gasteiger partial charge in [0, 0.05) is 18.6 Å². The van der Waals surface area contributed by atoms with E-state index in [0.29, 0.717) is 4.31 Å². The van der Waals surface area contributed by atoms with Crippen LogP contribution in [0.1, 0.15) is 6.92 Å². The summed E-state index contributed by atoms with van der Waals surface area (Å²) in [6, 6.07) is 0. The highest BCUT2D eigenvalue weighted by atomic mass is 32.3. The van der Waals surface area contributed by atoms with Gasteiger partial charge in [-0.1, -0.05) is 3.89 Å². The summed E-state index contributed by atoms with van der Waals surface area (Å²) in [6.45, 7) is 1.83. The van der Waals surface area contributed by atoms with Crippen molar-refractivity contribution < 1.29 is 12.3 Å². The molecule has 0 radical (unpaired) electrons. The summed E-state index contributed by atoms with van der Waals surface area (Å²) in [5, 5.41) is 0. The van der Waals surface area contributed by atoms with Crippen molar-refractivity contribution in [2.75, 3.05) is 13.1 Å². The molecule has 0 spiro atoms. The number of halogens is 1. The maximum atomic E-state index is 12.0. The van der Waals surface area contributed by atoms with Crippen molar-refractivity contribution in [3.63, 3.8) is 0 Å². The summed E-state index contributed by atoms with van der Waals surface area (Å²) < 4.78 is 32.9. The zero-order chi connectivity index (χ0) is 7.99. The van der Waals surface area contributed by atoms with Crippen LogP contribution in [0.2, 0.25) is 0 Å². The Morgan fingerprint density at radius 3 is 2.10 bits per heavy atom. The fraction of sp³-hybridized carbons (Fsp3) is 1.00. The molecule has 0 aromatic rings. The molecule has 1 aliphatic rings. The SMILES string of the molecule is CC1(N)CN(S(=O)(=O)F)C1. The molecule has 1 rings (SSSR count). The molecule has 1 fully saturated rings. The van der Waals surface area contributed by atoms with Crippen molar-refractivity contribution in [2.45, 2.75) is 12.5 Å². The van der Waals surface area contributed by atoms with Crippen molar-refractivity contribution in [3.05, 3.63) is 0 Å². The van der Waals surface area contributed by atoms with Gasteiger partial charge in [-0.15, -0.1) is 0 Å². The summed E-state index contributed by atoms with van der Waals surface area (Å²) in [4.78, 5) is 0. The minimum atomic E-state index is -4.48. The lowest BCUT2D eigenvalue weighted by molar-refractivity contribution is 0.168. The number of nitrogens with two attached hydrogens (primary N) is 1. The topological polar surface area (TPSA) is 63.4 Å². The predicted octanol–water partition coefficient (Wildman–Crippen LogP) is -0.766. The van der Waals surface area contributed by atoms with E-state index in [9.17, 15) is 12.3 Å². The first-order valence-electron chi connectivity index (χ1n) is 2.80. The van der Waals surface area contributed by atoms with Crippen molar-refractivity contribution in [1.82, 2.24) is 4.31 Å². The fourth-order valence-corrected chi connectivity index (χ4v) is 1.81. The molecule has 0 amide bonds. The lowest BCUT2D eigenvalue weighted by atomic mass is 9.97. The zero-order valence-corrected chi connectivity index (χ0v) is 6.36. The molecule has 6 heteroatoms. The van der Waals surface area contributed by atoms with E-state index in [2.05, 4.69) is 0 Å². The Kier molecular flexibility index (Phi) is 1.50. The molecule has 0 aliphatic carbocycles. The van der Waals surface area contributed by atoms with Gasteiger partial charge in [0.1, 0.15) is 0 Å². The van der Waals surface area contributed by atoms with Crippen LogP contribution < -0.4 is 5.73 Å². The van der Waals surface area contributed by atoms with Gasteiger partial charge >= 0.3 is 10.4 Å². The highest BCUT2D eigenvalue weighted by molar-refractivity contribution is 7.84. The fourth-order valence-electron chi connectivity index (χ4n) is 0.914. The van der Waals surface area contributed by atoms with Crippen LogP contribution in [0.3, 0.4) is 0 Å². The third kappa shape index (κ3) is 1.44. The maximum Gasteiger partial charge on any atom is 0.374 e. The van der Waals surface area contributed by atoms with Gasteiger partial charge in [0.05, 0.1) is 0 Å². The predicted molar refractivity (Wildman–Crippen MR) is 34.2 cm³/mol. The van der Waals surface area contributed by atoms with Crippen LogP contribution in [0.4, 0.5) is 3.89 Å². The summed E-state index contributed by atoms with van der Waals surface area (Å²) in [6.07, 6.45) is 0. The Balaban J connectivity index is 2.57. The second kappa shape index (κ2) is 1.90. The van der Waals surface area contributed by atoms with E-state index >= 15 is 0 Å². The molecule has 0 saturated carbocycles. The van der Waals surface area contributed by atoms with Gasteiger partial charge in [-0.3, -0.25) is 0 Å². The van der Waals surface area contributed by atoms with Gasteiger partial charge in [-0.05, 0) is 6.92 Å². The zero-order valence-electron chi connectivity index (χ0n) is 5.54. The standard InChI is InChI=1S/C4H9FN2O2S/c1-4(6)2-7(3-4)10(5,8)9/h2-3,6H2,1H3. The first-order chi connectivity index (χ1) is 4.31. The Labute approximate surface area is 59.1 Å². The number of hydrogen-bond donors (Lipinski definition) is 1. The molecule has 1 aliphatic heterocycles. The molecule has 2 N–H and O–H groups in total. The highest BCUT2D eigenvalue weighted by Crippen LogP contribution is 2.21. The van der Waals surface area contributed by atoms with Crippen LogP contribution in [0, 0.1) is 0 Å². The third-order valence-electron chi connectivity index (χ3n) is 1.38. The van der Waals surface area contributed by atoms with Gasteiger partial charge in [0.25, 0.3) is 0 Å². The Bertz CT molecular complexity index is 228. The molecule has 1 saturated heterocycles. The molecule has 1 heterocycles. The average molecular weight is 168 g/mol. The largest absolute Gasteiger partial charge is 0.374 e. The summed E-state index contributed by atoms with van der Waals surface area (Å²) in [5.74, 6) is 0. The van der Waals surface area contributed by atoms with Crippen LogP contribution >= 0.6 is 0 Å². The lowest BCUT2D eigenvalue weighted by Crippen LogP contribution is -2.65. The number of hydrogen-bond acceptors (Lipinski definition) is 3. The molecule has 0 aromatic carbocycles. The third-order valence-corrected chi connectivity index (χ3v) is 2.26. The minimum Gasteiger partial charge on any atom is -0.323 e. The van der Waals surface area contributed by atoms with E-state index < -0.39 is 15.9 Å². The van der Waals surface area contributed by atoms with Gasteiger partial charge in [-0.2, -0.15) is 12.7 Å². The first-order valence-corrected chi connectivity index (χ1v) is 4.14. The molecular weight excluding hydrogens is 159 g/mol. The molecule has 60 valence electrons. The van der Waals surface area contributed by atoms with Gasteiger partial charge in [0.15, 0.2) is 0 Å². The van der Waals surface area contributed by atoms with E-state index in [-0.39, 0.29) is 13.1 Å². The van der Waals surface area contributed by atoms with Crippen molar-refractivity contribution in [2.24, 2.45) is 5.73 Å². The molecule has 0 unspecified atom stereocenters. The molecule has 4 nitrogen and oxygen atoms in total. The number of rotatable bonds is 1. The van der Waals surface area contributed by atoms with Crippen LogP contribution in [0.5, 0.6) is 0 Å². The number of nitrogens with zero attached hydrogens (tertiary/aromatic N) is 1.